The highest BCUT2D eigenvalue weighted by molar-refractivity contribution is 7.98. The molecule has 3 aromatic heterocycles. The lowest BCUT2D eigenvalue weighted by atomic mass is 10.2. The van der Waals surface area contributed by atoms with Gasteiger partial charge in [-0.05, 0) is 48.5 Å². The summed E-state index contributed by atoms with van der Waals surface area (Å²) in [5.74, 6) is 1.20. The van der Waals surface area contributed by atoms with E-state index in [4.69, 9.17) is 23.2 Å². The Morgan fingerprint density at radius 3 is 2.33 bits per heavy atom. The molecule has 202 valence electrons. The van der Waals surface area contributed by atoms with Crippen molar-refractivity contribution in [1.29, 1.82) is 0 Å². The Balaban J connectivity index is 1.14. The Hall–Kier alpha value is -3.44. The summed E-state index contributed by atoms with van der Waals surface area (Å²) in [5.41, 5.74) is 3.31. The zero-order valence-electron chi connectivity index (χ0n) is 21.2. The Kier molecular flexibility index (Phi) is 8.01. The first-order chi connectivity index (χ1) is 19.5. The molecule has 1 fully saturated rings. The highest BCUT2D eigenvalue weighted by atomic mass is 35.5. The first-order valence-electron chi connectivity index (χ1n) is 12.5. The standard InChI is InChI=1S/C28H23Cl2N7OS2/c29-20-3-1-5-22(15-20)35-11-13-36(14-12-35)27(38)24-17-39-25(32-24)18-40-28-34-33-26(19-7-9-31-10-8-19)37(28)23-6-2-4-21(30)16-23/h1-10,15-17H,11-14,18H2. The molecule has 4 heterocycles. The molecule has 6 rings (SSSR count). The number of hydrogen-bond donors (Lipinski definition) is 0. The molecule has 0 unspecified atom stereocenters. The lowest BCUT2D eigenvalue weighted by molar-refractivity contribution is 0.0741. The number of rotatable bonds is 7. The van der Waals surface area contributed by atoms with Crippen molar-refractivity contribution in [2.45, 2.75) is 10.9 Å². The van der Waals surface area contributed by atoms with Crippen molar-refractivity contribution in [2.24, 2.45) is 0 Å². The van der Waals surface area contributed by atoms with E-state index >= 15 is 0 Å². The second kappa shape index (κ2) is 12.0. The minimum absolute atomic E-state index is 0.0414. The maximum Gasteiger partial charge on any atom is 0.273 e. The van der Waals surface area contributed by atoms with Crippen LogP contribution in [0.25, 0.3) is 17.1 Å². The fourth-order valence-electron chi connectivity index (χ4n) is 4.50. The number of thioether (sulfide) groups is 1. The third kappa shape index (κ3) is 5.85. The SMILES string of the molecule is O=C(c1csc(CSc2nnc(-c3ccncc3)n2-c2cccc(Cl)c2)n1)N1CCN(c2cccc(Cl)c2)CC1. The third-order valence-corrected chi connectivity index (χ3v) is 8.92. The molecule has 0 saturated carbocycles. The van der Waals surface area contributed by atoms with E-state index in [1.54, 1.807) is 12.4 Å². The van der Waals surface area contributed by atoms with Gasteiger partial charge < -0.3 is 9.80 Å². The number of pyridine rings is 1. The van der Waals surface area contributed by atoms with Crippen molar-refractivity contribution in [1.82, 2.24) is 29.6 Å². The molecule has 1 amide bonds. The predicted molar refractivity (Wildman–Crippen MR) is 161 cm³/mol. The van der Waals surface area contributed by atoms with E-state index in [0.29, 0.717) is 45.6 Å². The van der Waals surface area contributed by atoms with Crippen LogP contribution < -0.4 is 4.90 Å². The van der Waals surface area contributed by atoms with E-state index in [9.17, 15) is 4.79 Å². The van der Waals surface area contributed by atoms with Crippen molar-refractivity contribution >= 4 is 57.9 Å². The van der Waals surface area contributed by atoms with Gasteiger partial charge in [0.2, 0.25) is 0 Å². The van der Waals surface area contributed by atoms with Crippen molar-refractivity contribution in [3.63, 3.8) is 0 Å². The molecule has 8 nitrogen and oxygen atoms in total. The summed E-state index contributed by atoms with van der Waals surface area (Å²) in [7, 11) is 0. The van der Waals surface area contributed by atoms with Crippen LogP contribution in [0.4, 0.5) is 5.69 Å². The van der Waals surface area contributed by atoms with E-state index in [-0.39, 0.29) is 5.91 Å². The third-order valence-electron chi connectivity index (χ3n) is 6.47. The van der Waals surface area contributed by atoms with Gasteiger partial charge in [0.05, 0.1) is 11.4 Å². The van der Waals surface area contributed by atoms with Crippen molar-refractivity contribution in [3.8, 4) is 17.1 Å². The second-order valence-corrected chi connectivity index (χ2v) is 11.8. The van der Waals surface area contributed by atoms with Gasteiger partial charge in [-0.2, -0.15) is 0 Å². The maximum absolute atomic E-state index is 13.2. The number of piperazine rings is 1. The molecule has 0 atom stereocenters. The fraction of sp³-hybridized carbons (Fsp3) is 0.179. The summed E-state index contributed by atoms with van der Waals surface area (Å²) in [4.78, 5) is 26.1. The Labute approximate surface area is 249 Å². The summed E-state index contributed by atoms with van der Waals surface area (Å²) in [6.07, 6.45) is 3.45. The van der Waals surface area contributed by atoms with E-state index in [0.717, 1.165) is 35.0 Å². The van der Waals surface area contributed by atoms with Gasteiger partial charge in [0.25, 0.3) is 5.91 Å². The average Bonchev–Trinajstić information content (AvgIpc) is 3.64. The highest BCUT2D eigenvalue weighted by Gasteiger charge is 2.24. The second-order valence-electron chi connectivity index (χ2n) is 9.03. The molecule has 1 aliphatic heterocycles. The Bertz CT molecular complexity index is 1630. The molecular weight excluding hydrogens is 585 g/mol. The van der Waals surface area contributed by atoms with Crippen molar-refractivity contribution < 1.29 is 4.79 Å². The summed E-state index contributed by atoms with van der Waals surface area (Å²) in [5, 5.41) is 13.7. The number of anilines is 1. The predicted octanol–water partition coefficient (Wildman–Crippen LogP) is 6.35. The molecule has 0 aliphatic carbocycles. The van der Waals surface area contributed by atoms with E-state index in [1.807, 2.05) is 75.5 Å². The highest BCUT2D eigenvalue weighted by Crippen LogP contribution is 2.31. The van der Waals surface area contributed by atoms with Gasteiger partial charge in [0, 0.05) is 65.2 Å². The van der Waals surface area contributed by atoms with E-state index < -0.39 is 0 Å². The number of benzene rings is 2. The Morgan fingerprint density at radius 1 is 0.900 bits per heavy atom. The minimum atomic E-state index is -0.0414. The zero-order chi connectivity index (χ0) is 27.5. The summed E-state index contributed by atoms with van der Waals surface area (Å²) < 4.78 is 1.98. The van der Waals surface area contributed by atoms with E-state index in [1.165, 1.54) is 23.1 Å². The number of aromatic nitrogens is 5. The van der Waals surface area contributed by atoms with Gasteiger partial charge in [-0.25, -0.2) is 4.98 Å². The summed E-state index contributed by atoms with van der Waals surface area (Å²) >= 11 is 15.4. The van der Waals surface area contributed by atoms with Crippen LogP contribution in [0.15, 0.2) is 83.6 Å². The summed E-state index contributed by atoms with van der Waals surface area (Å²) in [6.45, 7) is 2.76. The molecule has 1 aliphatic rings. The first-order valence-corrected chi connectivity index (χ1v) is 15.2. The largest absolute Gasteiger partial charge is 0.368 e. The van der Waals surface area contributed by atoms with Crippen molar-refractivity contribution in [2.75, 3.05) is 31.1 Å². The van der Waals surface area contributed by atoms with Crippen LogP contribution >= 0.6 is 46.3 Å². The van der Waals surface area contributed by atoms with Gasteiger partial charge in [-0.3, -0.25) is 14.3 Å². The molecule has 0 N–H and O–H groups in total. The van der Waals surface area contributed by atoms with Crippen LogP contribution in [-0.2, 0) is 5.75 Å². The monoisotopic (exact) mass is 607 g/mol. The molecule has 40 heavy (non-hydrogen) atoms. The lowest BCUT2D eigenvalue weighted by Crippen LogP contribution is -2.48. The van der Waals surface area contributed by atoms with Gasteiger partial charge in [0.1, 0.15) is 10.7 Å². The van der Waals surface area contributed by atoms with Gasteiger partial charge in [-0.15, -0.1) is 21.5 Å². The Morgan fingerprint density at radius 2 is 1.60 bits per heavy atom. The van der Waals surface area contributed by atoms with Gasteiger partial charge in [-0.1, -0.05) is 47.1 Å². The van der Waals surface area contributed by atoms with Gasteiger partial charge in [0.15, 0.2) is 11.0 Å². The molecule has 5 aromatic rings. The number of carbonyl (C=O) groups is 1. The number of thiazole rings is 1. The van der Waals surface area contributed by atoms with E-state index in [2.05, 4.69) is 25.1 Å². The van der Waals surface area contributed by atoms with Crippen LogP contribution in [0, 0.1) is 0 Å². The number of amides is 1. The van der Waals surface area contributed by atoms with Crippen LogP contribution in [-0.4, -0.2) is 61.7 Å². The van der Waals surface area contributed by atoms with Crippen LogP contribution in [0.1, 0.15) is 15.5 Å². The first kappa shape index (κ1) is 26.8. The average molecular weight is 609 g/mol. The number of halogens is 2. The number of nitrogens with zero attached hydrogens (tertiary/aromatic N) is 7. The summed E-state index contributed by atoms with van der Waals surface area (Å²) in [6, 6.07) is 19.2. The number of hydrogen-bond acceptors (Lipinski definition) is 8. The maximum atomic E-state index is 13.2. The lowest BCUT2D eigenvalue weighted by Gasteiger charge is -2.35. The normalized spacial score (nSPS) is 13.6. The molecule has 0 bridgehead atoms. The molecule has 0 radical (unpaired) electrons. The molecule has 2 aromatic carbocycles. The smallest absolute Gasteiger partial charge is 0.273 e. The molecule has 0 spiro atoms. The van der Waals surface area contributed by atoms with Crippen molar-refractivity contribution in [3.05, 3.63) is 99.2 Å². The molecule has 1 saturated heterocycles. The molecule has 12 heteroatoms. The number of carbonyl (C=O) groups excluding carboxylic acids is 1. The van der Waals surface area contributed by atoms with Crippen LogP contribution in [0.2, 0.25) is 10.0 Å². The van der Waals surface area contributed by atoms with Crippen LogP contribution in [0.3, 0.4) is 0 Å². The minimum Gasteiger partial charge on any atom is -0.368 e. The quantitative estimate of drug-likeness (QED) is 0.199. The van der Waals surface area contributed by atoms with Crippen LogP contribution in [0.5, 0.6) is 0 Å². The topological polar surface area (TPSA) is 80.0 Å². The zero-order valence-corrected chi connectivity index (χ0v) is 24.3. The fourth-order valence-corrected chi connectivity index (χ4v) is 6.61. The molecular formula is C28H23Cl2N7OS2. The van der Waals surface area contributed by atoms with Gasteiger partial charge >= 0.3 is 0 Å².